The van der Waals surface area contributed by atoms with E-state index in [0.29, 0.717) is 17.3 Å². The molecule has 1 aromatic heterocycles. The Kier molecular flexibility index (Phi) is 5.51. The van der Waals surface area contributed by atoms with E-state index in [9.17, 15) is 4.79 Å². The number of ether oxygens (including phenoxy) is 1. The number of carbonyl (C=O) groups excluding carboxylic acids is 1. The molecule has 0 atom stereocenters. The first-order valence-electron chi connectivity index (χ1n) is 7.49. The zero-order valence-electron chi connectivity index (χ0n) is 12.9. The number of amides is 1. The third kappa shape index (κ3) is 4.16. The molecule has 0 saturated heterocycles. The molecule has 0 aliphatic heterocycles. The first-order chi connectivity index (χ1) is 11.7. The molecule has 0 aliphatic carbocycles. The highest BCUT2D eigenvalue weighted by Gasteiger charge is 2.17. The van der Waals surface area contributed by atoms with Crippen molar-refractivity contribution in [2.45, 2.75) is 6.54 Å². The minimum atomic E-state index is -0.116. The first kappa shape index (κ1) is 16.6. The standard InChI is InChI=1S/C19H16ClNO2S/c20-17-10-4-5-11-18(17)23-14-19(22)21(13-16-9-6-12-24-16)15-7-2-1-3-8-15/h1-12H,13-14H2. The smallest absolute Gasteiger partial charge is 0.265 e. The molecule has 3 aromatic rings. The zero-order valence-corrected chi connectivity index (χ0v) is 14.5. The second-order valence-corrected chi connectivity index (χ2v) is 6.55. The summed E-state index contributed by atoms with van der Waals surface area (Å²) in [6.07, 6.45) is 0. The van der Waals surface area contributed by atoms with Gasteiger partial charge in [-0.15, -0.1) is 11.3 Å². The maximum absolute atomic E-state index is 12.7. The van der Waals surface area contributed by atoms with E-state index in [2.05, 4.69) is 0 Å². The van der Waals surface area contributed by atoms with Crippen molar-refractivity contribution in [1.29, 1.82) is 0 Å². The van der Waals surface area contributed by atoms with Gasteiger partial charge in [0.1, 0.15) is 5.75 Å². The lowest BCUT2D eigenvalue weighted by Gasteiger charge is -2.22. The van der Waals surface area contributed by atoms with Gasteiger partial charge in [0, 0.05) is 10.6 Å². The average Bonchev–Trinajstić information content (AvgIpc) is 3.13. The van der Waals surface area contributed by atoms with Crippen LogP contribution in [0, 0.1) is 0 Å². The van der Waals surface area contributed by atoms with Gasteiger partial charge in [-0.3, -0.25) is 4.79 Å². The zero-order chi connectivity index (χ0) is 16.8. The van der Waals surface area contributed by atoms with E-state index < -0.39 is 0 Å². The number of thiophene rings is 1. The topological polar surface area (TPSA) is 29.5 Å². The lowest BCUT2D eigenvalue weighted by molar-refractivity contribution is -0.120. The minimum Gasteiger partial charge on any atom is -0.482 e. The molecule has 3 nitrogen and oxygen atoms in total. The lowest BCUT2D eigenvalue weighted by atomic mass is 10.2. The van der Waals surface area contributed by atoms with Gasteiger partial charge < -0.3 is 9.64 Å². The fraction of sp³-hybridized carbons (Fsp3) is 0.105. The minimum absolute atomic E-state index is 0.0655. The Hall–Kier alpha value is -2.30. The first-order valence-corrected chi connectivity index (χ1v) is 8.75. The van der Waals surface area contributed by atoms with Crippen molar-refractivity contribution in [2.24, 2.45) is 0 Å². The number of carbonyl (C=O) groups is 1. The predicted molar refractivity (Wildman–Crippen MR) is 98.9 cm³/mol. The van der Waals surface area contributed by atoms with E-state index in [1.165, 1.54) is 0 Å². The van der Waals surface area contributed by atoms with Crippen molar-refractivity contribution >= 4 is 34.5 Å². The highest BCUT2D eigenvalue weighted by Crippen LogP contribution is 2.24. The van der Waals surface area contributed by atoms with E-state index in [1.807, 2.05) is 60.0 Å². The number of benzene rings is 2. The van der Waals surface area contributed by atoms with Gasteiger partial charge in [-0.05, 0) is 35.7 Å². The fourth-order valence-corrected chi connectivity index (χ4v) is 3.15. The van der Waals surface area contributed by atoms with Crippen LogP contribution in [0.15, 0.2) is 72.1 Å². The summed E-state index contributed by atoms with van der Waals surface area (Å²) in [4.78, 5) is 15.6. The summed E-state index contributed by atoms with van der Waals surface area (Å²) >= 11 is 7.70. The van der Waals surface area contributed by atoms with Gasteiger partial charge in [-0.25, -0.2) is 0 Å². The summed E-state index contributed by atoms with van der Waals surface area (Å²) < 4.78 is 5.60. The monoisotopic (exact) mass is 357 g/mol. The maximum atomic E-state index is 12.7. The molecule has 1 amide bonds. The van der Waals surface area contributed by atoms with Gasteiger partial charge in [0.2, 0.25) is 0 Å². The number of hydrogen-bond donors (Lipinski definition) is 0. The summed E-state index contributed by atoms with van der Waals surface area (Å²) in [5.74, 6) is 0.395. The SMILES string of the molecule is O=C(COc1ccccc1Cl)N(Cc1cccs1)c1ccccc1. The van der Waals surface area contributed by atoms with E-state index >= 15 is 0 Å². The number of anilines is 1. The largest absolute Gasteiger partial charge is 0.482 e. The predicted octanol–water partition coefficient (Wildman–Crippen LogP) is 5.01. The number of halogens is 1. The van der Waals surface area contributed by atoms with Crippen LogP contribution in [0.2, 0.25) is 5.02 Å². The van der Waals surface area contributed by atoms with Gasteiger partial charge in [-0.2, -0.15) is 0 Å². The summed E-state index contributed by atoms with van der Waals surface area (Å²) in [5.41, 5.74) is 0.846. The van der Waals surface area contributed by atoms with Crippen molar-refractivity contribution in [1.82, 2.24) is 0 Å². The molecule has 5 heteroatoms. The summed E-state index contributed by atoms with van der Waals surface area (Å²) in [7, 11) is 0. The van der Waals surface area contributed by atoms with Crippen LogP contribution in [-0.4, -0.2) is 12.5 Å². The van der Waals surface area contributed by atoms with E-state index in [-0.39, 0.29) is 12.5 Å². The van der Waals surface area contributed by atoms with E-state index in [4.69, 9.17) is 16.3 Å². The normalized spacial score (nSPS) is 10.4. The Labute approximate surface area is 150 Å². The molecule has 0 aliphatic rings. The quantitative estimate of drug-likeness (QED) is 0.620. The Morgan fingerprint density at radius 1 is 1.00 bits per heavy atom. The fourth-order valence-electron chi connectivity index (χ4n) is 2.27. The molecule has 0 bridgehead atoms. The molecule has 0 unspecified atom stereocenters. The van der Waals surface area contributed by atoms with Crippen molar-refractivity contribution < 1.29 is 9.53 Å². The highest BCUT2D eigenvalue weighted by molar-refractivity contribution is 7.09. The third-order valence-corrected chi connectivity index (χ3v) is 4.62. The van der Waals surface area contributed by atoms with Crippen molar-refractivity contribution in [3.05, 3.63) is 82.0 Å². The van der Waals surface area contributed by atoms with Gasteiger partial charge >= 0.3 is 0 Å². The van der Waals surface area contributed by atoms with Crippen LogP contribution in [0.5, 0.6) is 5.75 Å². The Balaban J connectivity index is 1.75. The Bertz CT molecular complexity index is 790. The average molecular weight is 358 g/mol. The Morgan fingerprint density at radius 3 is 2.46 bits per heavy atom. The van der Waals surface area contributed by atoms with Crippen molar-refractivity contribution in [2.75, 3.05) is 11.5 Å². The molecule has 122 valence electrons. The van der Waals surface area contributed by atoms with Crippen LogP contribution in [0.1, 0.15) is 4.88 Å². The van der Waals surface area contributed by atoms with Crippen LogP contribution in [0.3, 0.4) is 0 Å². The van der Waals surface area contributed by atoms with Crippen LogP contribution in [-0.2, 0) is 11.3 Å². The lowest BCUT2D eigenvalue weighted by Crippen LogP contribution is -2.34. The molecular weight excluding hydrogens is 342 g/mol. The number of rotatable bonds is 6. The maximum Gasteiger partial charge on any atom is 0.265 e. The number of nitrogens with zero attached hydrogens (tertiary/aromatic N) is 1. The van der Waals surface area contributed by atoms with Crippen LogP contribution >= 0.6 is 22.9 Å². The molecule has 0 N–H and O–H groups in total. The molecular formula is C19H16ClNO2S. The van der Waals surface area contributed by atoms with E-state index in [1.54, 1.807) is 28.4 Å². The molecule has 0 radical (unpaired) electrons. The van der Waals surface area contributed by atoms with Crippen molar-refractivity contribution in [3.8, 4) is 5.75 Å². The van der Waals surface area contributed by atoms with Gasteiger partial charge in [0.25, 0.3) is 5.91 Å². The highest BCUT2D eigenvalue weighted by atomic mass is 35.5. The Morgan fingerprint density at radius 2 is 1.75 bits per heavy atom. The molecule has 0 spiro atoms. The van der Waals surface area contributed by atoms with E-state index in [0.717, 1.165) is 10.6 Å². The second kappa shape index (κ2) is 7.99. The summed E-state index contributed by atoms with van der Waals surface area (Å²) in [6, 6.07) is 20.7. The molecule has 1 heterocycles. The molecule has 0 fully saturated rings. The molecule has 24 heavy (non-hydrogen) atoms. The second-order valence-electron chi connectivity index (χ2n) is 5.11. The van der Waals surface area contributed by atoms with Crippen molar-refractivity contribution in [3.63, 3.8) is 0 Å². The van der Waals surface area contributed by atoms with Crippen LogP contribution in [0.25, 0.3) is 0 Å². The van der Waals surface area contributed by atoms with Gasteiger partial charge in [-0.1, -0.05) is 48.0 Å². The van der Waals surface area contributed by atoms with Gasteiger partial charge in [0.05, 0.1) is 11.6 Å². The number of para-hydroxylation sites is 2. The summed E-state index contributed by atoms with van der Waals surface area (Å²) in [5, 5.41) is 2.50. The molecule has 3 rings (SSSR count). The summed E-state index contributed by atoms with van der Waals surface area (Å²) in [6.45, 7) is 0.455. The molecule has 0 saturated carbocycles. The molecule has 2 aromatic carbocycles. The number of hydrogen-bond acceptors (Lipinski definition) is 3. The third-order valence-electron chi connectivity index (χ3n) is 3.45. The van der Waals surface area contributed by atoms with Crippen LogP contribution in [0.4, 0.5) is 5.69 Å². The van der Waals surface area contributed by atoms with Crippen LogP contribution < -0.4 is 9.64 Å². The van der Waals surface area contributed by atoms with Gasteiger partial charge in [0.15, 0.2) is 6.61 Å².